The Morgan fingerprint density at radius 3 is 2.60 bits per heavy atom. The van der Waals surface area contributed by atoms with Crippen LogP contribution in [0, 0.1) is 6.92 Å². The Morgan fingerprint density at radius 2 is 1.95 bits per heavy atom. The van der Waals surface area contributed by atoms with Gasteiger partial charge in [0.15, 0.2) is 0 Å². The Morgan fingerprint density at radius 1 is 1.20 bits per heavy atom. The number of hydrogen-bond donors (Lipinski definition) is 1. The summed E-state index contributed by atoms with van der Waals surface area (Å²) in [5.74, 6) is 0.881. The molecule has 2 aromatic carbocycles. The van der Waals surface area contributed by atoms with Crippen LogP contribution in [0.2, 0.25) is 0 Å². The average Bonchev–Trinajstić information content (AvgIpc) is 2.87. The van der Waals surface area contributed by atoms with E-state index in [0.29, 0.717) is 6.54 Å². The van der Waals surface area contributed by atoms with Crippen molar-refractivity contribution < 1.29 is 4.74 Å². The van der Waals surface area contributed by atoms with Crippen LogP contribution in [0.3, 0.4) is 0 Å². The third-order valence-corrected chi connectivity index (χ3v) is 4.14. The molecule has 1 heterocycles. The van der Waals surface area contributed by atoms with Gasteiger partial charge < -0.3 is 15.4 Å². The predicted octanol–water partition coefficient (Wildman–Crippen LogP) is 3.02. The van der Waals surface area contributed by atoms with Crippen LogP contribution in [0.4, 0.5) is 5.69 Å². The standard InChI is InChI=1S/C17H20N2O/c1-12-4-3-5-15-16(12)11-19(17(15)10-18)13-6-8-14(20-2)9-7-13/h3-9,17H,10-11,18H2,1-2H3. The summed E-state index contributed by atoms with van der Waals surface area (Å²) < 4.78 is 5.22. The summed E-state index contributed by atoms with van der Waals surface area (Å²) in [6, 6.07) is 14.9. The summed E-state index contributed by atoms with van der Waals surface area (Å²) in [7, 11) is 1.69. The molecule has 2 N–H and O–H groups in total. The number of nitrogens with zero attached hydrogens (tertiary/aromatic N) is 1. The maximum atomic E-state index is 6.02. The molecule has 0 aromatic heterocycles. The number of aryl methyl sites for hydroxylation is 1. The number of methoxy groups -OCH3 is 1. The number of hydrogen-bond acceptors (Lipinski definition) is 3. The van der Waals surface area contributed by atoms with Gasteiger partial charge in [0.2, 0.25) is 0 Å². The molecule has 0 saturated carbocycles. The van der Waals surface area contributed by atoms with Crippen molar-refractivity contribution in [3.05, 3.63) is 59.2 Å². The number of rotatable bonds is 3. The second-order valence-electron chi connectivity index (χ2n) is 5.22. The predicted molar refractivity (Wildman–Crippen MR) is 82.2 cm³/mol. The van der Waals surface area contributed by atoms with Gasteiger partial charge in [0, 0.05) is 18.8 Å². The molecule has 1 aliphatic rings. The van der Waals surface area contributed by atoms with Crippen molar-refractivity contribution in [3.63, 3.8) is 0 Å². The Balaban J connectivity index is 1.97. The summed E-state index contributed by atoms with van der Waals surface area (Å²) in [5.41, 5.74) is 11.3. The van der Waals surface area contributed by atoms with Crippen molar-refractivity contribution in [2.75, 3.05) is 18.6 Å². The van der Waals surface area contributed by atoms with Crippen LogP contribution in [0.15, 0.2) is 42.5 Å². The molecule has 20 heavy (non-hydrogen) atoms. The number of benzene rings is 2. The van der Waals surface area contributed by atoms with Crippen molar-refractivity contribution in [2.45, 2.75) is 19.5 Å². The van der Waals surface area contributed by atoms with Gasteiger partial charge in [-0.05, 0) is 47.9 Å². The van der Waals surface area contributed by atoms with Gasteiger partial charge in [-0.1, -0.05) is 18.2 Å². The fraction of sp³-hybridized carbons (Fsp3) is 0.294. The van der Waals surface area contributed by atoms with Crippen LogP contribution in [-0.4, -0.2) is 13.7 Å². The molecule has 104 valence electrons. The maximum absolute atomic E-state index is 6.02. The monoisotopic (exact) mass is 268 g/mol. The molecular formula is C17H20N2O. The highest BCUT2D eigenvalue weighted by atomic mass is 16.5. The van der Waals surface area contributed by atoms with Crippen LogP contribution in [0.5, 0.6) is 5.75 Å². The molecule has 0 saturated heterocycles. The SMILES string of the molecule is COc1ccc(N2Cc3c(C)cccc3C2CN)cc1. The molecule has 0 spiro atoms. The van der Waals surface area contributed by atoms with E-state index >= 15 is 0 Å². The Kier molecular flexibility index (Phi) is 3.36. The summed E-state index contributed by atoms with van der Waals surface area (Å²) in [4.78, 5) is 2.37. The topological polar surface area (TPSA) is 38.5 Å². The first-order valence-corrected chi connectivity index (χ1v) is 6.93. The Hall–Kier alpha value is -2.00. The van der Waals surface area contributed by atoms with Gasteiger partial charge >= 0.3 is 0 Å². The van der Waals surface area contributed by atoms with Crippen LogP contribution in [-0.2, 0) is 6.54 Å². The molecule has 1 atom stereocenters. The van der Waals surface area contributed by atoms with Crippen molar-refractivity contribution in [2.24, 2.45) is 5.73 Å². The number of ether oxygens (including phenoxy) is 1. The van der Waals surface area contributed by atoms with E-state index in [9.17, 15) is 0 Å². The van der Waals surface area contributed by atoms with Gasteiger partial charge in [-0.2, -0.15) is 0 Å². The second kappa shape index (κ2) is 5.17. The summed E-state index contributed by atoms with van der Waals surface area (Å²) in [6.07, 6.45) is 0. The van der Waals surface area contributed by atoms with E-state index in [2.05, 4.69) is 42.2 Å². The van der Waals surface area contributed by atoms with E-state index in [4.69, 9.17) is 10.5 Å². The van der Waals surface area contributed by atoms with E-state index in [1.165, 1.54) is 22.4 Å². The maximum Gasteiger partial charge on any atom is 0.119 e. The van der Waals surface area contributed by atoms with Gasteiger partial charge in [0.1, 0.15) is 5.75 Å². The highest BCUT2D eigenvalue weighted by Crippen LogP contribution is 2.38. The molecule has 3 rings (SSSR count). The van der Waals surface area contributed by atoms with Crippen LogP contribution in [0.1, 0.15) is 22.7 Å². The largest absolute Gasteiger partial charge is 0.497 e. The smallest absolute Gasteiger partial charge is 0.119 e. The molecule has 0 aliphatic carbocycles. The third-order valence-electron chi connectivity index (χ3n) is 4.14. The van der Waals surface area contributed by atoms with E-state index in [0.717, 1.165) is 12.3 Å². The molecule has 0 fully saturated rings. The van der Waals surface area contributed by atoms with E-state index in [1.54, 1.807) is 7.11 Å². The molecule has 1 aliphatic heterocycles. The molecular weight excluding hydrogens is 248 g/mol. The number of fused-ring (bicyclic) bond motifs is 1. The minimum absolute atomic E-state index is 0.262. The second-order valence-corrected chi connectivity index (χ2v) is 5.22. The lowest BCUT2D eigenvalue weighted by Gasteiger charge is -2.26. The van der Waals surface area contributed by atoms with Gasteiger partial charge in [0.25, 0.3) is 0 Å². The van der Waals surface area contributed by atoms with Crippen LogP contribution < -0.4 is 15.4 Å². The first-order valence-electron chi connectivity index (χ1n) is 6.93. The lowest BCUT2D eigenvalue weighted by molar-refractivity contribution is 0.415. The first-order chi connectivity index (χ1) is 9.74. The summed E-state index contributed by atoms with van der Waals surface area (Å²) in [6.45, 7) is 3.72. The van der Waals surface area contributed by atoms with Crippen molar-refractivity contribution in [1.82, 2.24) is 0 Å². The molecule has 0 bridgehead atoms. The van der Waals surface area contributed by atoms with Crippen molar-refractivity contribution in [3.8, 4) is 5.75 Å². The van der Waals surface area contributed by atoms with Gasteiger partial charge in [-0.15, -0.1) is 0 Å². The summed E-state index contributed by atoms with van der Waals surface area (Å²) in [5, 5.41) is 0. The van der Waals surface area contributed by atoms with Gasteiger partial charge in [0.05, 0.1) is 13.2 Å². The highest BCUT2D eigenvalue weighted by molar-refractivity contribution is 5.57. The zero-order valence-electron chi connectivity index (χ0n) is 12.0. The molecule has 2 aromatic rings. The summed E-state index contributed by atoms with van der Waals surface area (Å²) >= 11 is 0. The zero-order valence-corrected chi connectivity index (χ0v) is 12.0. The molecule has 1 unspecified atom stereocenters. The van der Waals surface area contributed by atoms with Crippen LogP contribution >= 0.6 is 0 Å². The molecule has 0 amide bonds. The lowest BCUT2D eigenvalue weighted by atomic mass is 10.0. The van der Waals surface area contributed by atoms with Crippen LogP contribution in [0.25, 0.3) is 0 Å². The Labute approximate surface area is 120 Å². The number of nitrogens with two attached hydrogens (primary N) is 1. The fourth-order valence-electron chi connectivity index (χ4n) is 3.00. The zero-order chi connectivity index (χ0) is 14.1. The third kappa shape index (κ3) is 2.04. The fourth-order valence-corrected chi connectivity index (χ4v) is 3.00. The van der Waals surface area contributed by atoms with Crippen molar-refractivity contribution >= 4 is 5.69 Å². The average molecular weight is 268 g/mol. The minimum Gasteiger partial charge on any atom is -0.497 e. The normalized spacial score (nSPS) is 17.1. The molecule has 0 radical (unpaired) electrons. The molecule has 3 nitrogen and oxygen atoms in total. The molecule has 3 heteroatoms. The van der Waals surface area contributed by atoms with Gasteiger partial charge in [-0.25, -0.2) is 0 Å². The quantitative estimate of drug-likeness (QED) is 0.930. The minimum atomic E-state index is 0.262. The van der Waals surface area contributed by atoms with Gasteiger partial charge in [-0.3, -0.25) is 0 Å². The Bertz CT molecular complexity index is 607. The van der Waals surface area contributed by atoms with Crippen molar-refractivity contribution in [1.29, 1.82) is 0 Å². The highest BCUT2D eigenvalue weighted by Gasteiger charge is 2.30. The lowest BCUT2D eigenvalue weighted by Crippen LogP contribution is -2.27. The van der Waals surface area contributed by atoms with E-state index in [-0.39, 0.29) is 6.04 Å². The first kappa shape index (κ1) is 13.0. The number of anilines is 1. The van der Waals surface area contributed by atoms with E-state index < -0.39 is 0 Å². The van der Waals surface area contributed by atoms with E-state index in [1.807, 2.05) is 12.1 Å².